The number of nitrogens with zero attached hydrogens (tertiary/aromatic N) is 2. The molecule has 174 valence electrons. The van der Waals surface area contributed by atoms with Crippen molar-refractivity contribution in [3.8, 4) is 16.9 Å². The number of fused-ring (bicyclic) bond motifs is 1. The molecule has 1 amide bonds. The minimum absolute atomic E-state index is 0.337. The summed E-state index contributed by atoms with van der Waals surface area (Å²) in [6.45, 7) is 8.17. The summed E-state index contributed by atoms with van der Waals surface area (Å²) in [5.74, 6) is 2.69. The fourth-order valence-electron chi connectivity index (χ4n) is 5.00. The molecule has 33 heavy (non-hydrogen) atoms. The predicted molar refractivity (Wildman–Crippen MR) is 136 cm³/mol. The van der Waals surface area contributed by atoms with E-state index in [0.717, 1.165) is 66.6 Å². The first-order valence-corrected chi connectivity index (χ1v) is 12.5. The highest BCUT2D eigenvalue weighted by Gasteiger charge is 2.35. The van der Waals surface area contributed by atoms with Gasteiger partial charge >= 0.3 is 0 Å². The van der Waals surface area contributed by atoms with Crippen molar-refractivity contribution < 1.29 is 9.53 Å². The van der Waals surface area contributed by atoms with Gasteiger partial charge in [-0.25, -0.2) is 0 Å². The predicted octanol–water partition coefficient (Wildman–Crippen LogP) is 6.69. The van der Waals surface area contributed by atoms with Crippen molar-refractivity contribution >= 4 is 16.8 Å². The minimum Gasteiger partial charge on any atom is -0.494 e. The minimum atomic E-state index is 0.337. The SMILES string of the molecule is CC.COc1c(-c2ccc(C(C)C3CCN(C(=O)C4CC4)CC3)cc2)ccc2cccnc12. The molecule has 0 bridgehead atoms. The van der Waals surface area contributed by atoms with Crippen molar-refractivity contribution in [2.45, 2.75) is 52.4 Å². The van der Waals surface area contributed by atoms with E-state index in [0.29, 0.717) is 23.7 Å². The van der Waals surface area contributed by atoms with E-state index in [1.165, 1.54) is 5.56 Å². The molecular formula is C29H36N2O2. The number of hydrogen-bond acceptors (Lipinski definition) is 3. The van der Waals surface area contributed by atoms with Crippen molar-refractivity contribution in [3.63, 3.8) is 0 Å². The van der Waals surface area contributed by atoms with Crippen LogP contribution in [-0.4, -0.2) is 36.0 Å². The fourth-order valence-corrected chi connectivity index (χ4v) is 5.00. The molecule has 1 unspecified atom stereocenters. The monoisotopic (exact) mass is 444 g/mol. The summed E-state index contributed by atoms with van der Waals surface area (Å²) < 4.78 is 5.74. The van der Waals surface area contributed by atoms with Crippen LogP contribution in [0.3, 0.4) is 0 Å². The third-order valence-corrected chi connectivity index (χ3v) is 7.16. The van der Waals surface area contributed by atoms with Gasteiger partial charge in [-0.1, -0.05) is 57.2 Å². The van der Waals surface area contributed by atoms with Crippen LogP contribution in [0.4, 0.5) is 0 Å². The zero-order chi connectivity index (χ0) is 23.4. The molecule has 1 aliphatic carbocycles. The third-order valence-electron chi connectivity index (χ3n) is 7.16. The number of carbonyl (C=O) groups is 1. The molecule has 1 saturated heterocycles. The quantitative estimate of drug-likeness (QED) is 0.440. The molecule has 1 saturated carbocycles. The van der Waals surface area contributed by atoms with Gasteiger partial charge in [-0.05, 0) is 60.8 Å². The van der Waals surface area contributed by atoms with Gasteiger partial charge in [0.25, 0.3) is 0 Å². The van der Waals surface area contributed by atoms with Crippen LogP contribution in [0, 0.1) is 11.8 Å². The second-order valence-electron chi connectivity index (χ2n) is 9.07. The Hall–Kier alpha value is -2.88. The molecule has 2 aromatic carbocycles. The Labute approximate surface area is 198 Å². The van der Waals surface area contributed by atoms with Crippen LogP contribution in [-0.2, 0) is 4.79 Å². The lowest BCUT2D eigenvalue weighted by atomic mass is 9.81. The normalized spacial score (nSPS) is 17.3. The van der Waals surface area contributed by atoms with Gasteiger partial charge in [-0.3, -0.25) is 9.78 Å². The van der Waals surface area contributed by atoms with Crippen LogP contribution >= 0.6 is 0 Å². The molecule has 1 aliphatic heterocycles. The first kappa shape index (κ1) is 23.3. The standard InChI is InChI=1S/C27H30N2O2.C2H6/c1-18(20-13-16-29(17-14-20)27(30)23-9-10-23)19-5-7-21(8-6-19)24-12-11-22-4-3-15-28-25(22)26(24)31-2;1-2/h3-8,11-12,15,18,20,23H,9-10,13-14,16-17H2,1-2H3;1-2H3. The van der Waals surface area contributed by atoms with Crippen LogP contribution in [0.2, 0.25) is 0 Å². The van der Waals surface area contributed by atoms with Gasteiger partial charge in [0.2, 0.25) is 5.91 Å². The first-order chi connectivity index (χ1) is 16.2. The maximum absolute atomic E-state index is 12.3. The molecule has 1 atom stereocenters. The maximum atomic E-state index is 12.3. The second kappa shape index (κ2) is 10.4. The first-order valence-electron chi connectivity index (χ1n) is 12.5. The number of pyridine rings is 1. The highest BCUT2D eigenvalue weighted by atomic mass is 16.5. The van der Waals surface area contributed by atoms with Crippen LogP contribution in [0.15, 0.2) is 54.7 Å². The molecule has 5 rings (SSSR count). The number of rotatable bonds is 5. The molecule has 3 aromatic rings. The van der Waals surface area contributed by atoms with Gasteiger partial charge in [0, 0.05) is 36.2 Å². The molecule has 1 aromatic heterocycles. The molecular weight excluding hydrogens is 408 g/mol. The Morgan fingerprint density at radius 1 is 1.00 bits per heavy atom. The highest BCUT2D eigenvalue weighted by Crippen LogP contribution is 2.38. The number of aromatic nitrogens is 1. The van der Waals surface area contributed by atoms with Crippen molar-refractivity contribution in [3.05, 3.63) is 60.3 Å². The Morgan fingerprint density at radius 3 is 2.33 bits per heavy atom. The van der Waals surface area contributed by atoms with Gasteiger partial charge in [0.05, 0.1) is 7.11 Å². The molecule has 2 heterocycles. The van der Waals surface area contributed by atoms with Crippen molar-refractivity contribution in [1.29, 1.82) is 0 Å². The Bertz CT molecular complexity index is 1080. The Morgan fingerprint density at radius 2 is 1.70 bits per heavy atom. The third kappa shape index (κ3) is 4.90. The summed E-state index contributed by atoms with van der Waals surface area (Å²) in [5.41, 5.74) is 4.48. The van der Waals surface area contributed by atoms with Crippen molar-refractivity contribution in [2.75, 3.05) is 20.2 Å². The molecule has 0 spiro atoms. The fraction of sp³-hybridized carbons (Fsp3) is 0.448. The largest absolute Gasteiger partial charge is 0.494 e. The zero-order valence-corrected chi connectivity index (χ0v) is 20.4. The number of benzene rings is 2. The molecule has 0 N–H and O–H groups in total. The smallest absolute Gasteiger partial charge is 0.225 e. The number of likely N-dealkylation sites (tertiary alicyclic amines) is 1. The van der Waals surface area contributed by atoms with E-state index in [4.69, 9.17) is 4.74 Å². The number of hydrogen-bond donors (Lipinski definition) is 0. The molecule has 4 nitrogen and oxygen atoms in total. The Balaban J connectivity index is 0.00000126. The number of methoxy groups -OCH3 is 1. The van der Waals surface area contributed by atoms with Crippen LogP contribution in [0.1, 0.15) is 57.9 Å². The van der Waals surface area contributed by atoms with E-state index in [2.05, 4.69) is 59.3 Å². The van der Waals surface area contributed by atoms with Crippen molar-refractivity contribution in [2.24, 2.45) is 11.8 Å². The van der Waals surface area contributed by atoms with Gasteiger partial charge in [0.1, 0.15) is 5.52 Å². The van der Waals surface area contributed by atoms with Crippen molar-refractivity contribution in [1.82, 2.24) is 9.88 Å². The van der Waals surface area contributed by atoms with Crippen LogP contribution < -0.4 is 4.74 Å². The second-order valence-corrected chi connectivity index (χ2v) is 9.07. The molecule has 2 aliphatic rings. The summed E-state index contributed by atoms with van der Waals surface area (Å²) in [6.07, 6.45) is 6.21. The molecule has 4 heteroatoms. The lowest BCUT2D eigenvalue weighted by molar-refractivity contribution is -0.134. The molecule has 2 fully saturated rings. The number of amides is 1. The van der Waals surface area contributed by atoms with E-state index in [9.17, 15) is 4.79 Å². The summed E-state index contributed by atoms with van der Waals surface area (Å²) in [6, 6.07) is 17.1. The van der Waals surface area contributed by atoms with Gasteiger partial charge in [-0.2, -0.15) is 0 Å². The molecule has 0 radical (unpaired) electrons. The summed E-state index contributed by atoms with van der Waals surface area (Å²) >= 11 is 0. The number of ether oxygens (including phenoxy) is 1. The highest BCUT2D eigenvalue weighted by molar-refractivity contribution is 5.92. The summed E-state index contributed by atoms with van der Waals surface area (Å²) in [5, 5.41) is 1.08. The van der Waals surface area contributed by atoms with Crippen LogP contribution in [0.25, 0.3) is 22.0 Å². The van der Waals surface area contributed by atoms with E-state index >= 15 is 0 Å². The number of piperidine rings is 1. The van der Waals surface area contributed by atoms with Gasteiger partial charge in [0.15, 0.2) is 5.75 Å². The summed E-state index contributed by atoms with van der Waals surface area (Å²) in [4.78, 5) is 19.0. The maximum Gasteiger partial charge on any atom is 0.225 e. The van der Waals surface area contributed by atoms with E-state index < -0.39 is 0 Å². The lowest BCUT2D eigenvalue weighted by Crippen LogP contribution is -2.40. The Kier molecular flexibility index (Phi) is 7.32. The van der Waals surface area contributed by atoms with Gasteiger partial charge in [-0.15, -0.1) is 0 Å². The average molecular weight is 445 g/mol. The topological polar surface area (TPSA) is 42.4 Å². The number of carbonyl (C=O) groups excluding carboxylic acids is 1. The average Bonchev–Trinajstić information content (AvgIpc) is 3.74. The van der Waals surface area contributed by atoms with E-state index in [1.807, 2.05) is 26.1 Å². The zero-order valence-electron chi connectivity index (χ0n) is 20.4. The van der Waals surface area contributed by atoms with E-state index in [-0.39, 0.29) is 0 Å². The van der Waals surface area contributed by atoms with Crippen LogP contribution in [0.5, 0.6) is 5.75 Å². The lowest BCUT2D eigenvalue weighted by Gasteiger charge is -2.35. The van der Waals surface area contributed by atoms with Gasteiger partial charge < -0.3 is 9.64 Å². The summed E-state index contributed by atoms with van der Waals surface area (Å²) in [7, 11) is 1.71. The van der Waals surface area contributed by atoms with E-state index in [1.54, 1.807) is 7.11 Å².